The van der Waals surface area contributed by atoms with Crippen molar-refractivity contribution in [3.05, 3.63) is 33.8 Å². The van der Waals surface area contributed by atoms with E-state index in [0.717, 1.165) is 23.6 Å². The predicted octanol–water partition coefficient (Wildman–Crippen LogP) is 4.65. The second kappa shape index (κ2) is 6.42. The molecule has 1 unspecified atom stereocenters. The maximum Gasteiger partial charge on any atom is 0.0438 e. The van der Waals surface area contributed by atoms with Crippen molar-refractivity contribution in [2.45, 2.75) is 47.1 Å². The largest absolute Gasteiger partial charge is 0.310 e. The summed E-state index contributed by atoms with van der Waals surface area (Å²) >= 11 is 6.15. The third-order valence-corrected chi connectivity index (χ3v) is 3.57. The van der Waals surface area contributed by atoms with Crippen molar-refractivity contribution in [2.75, 3.05) is 6.54 Å². The number of benzene rings is 1. The van der Waals surface area contributed by atoms with Crippen LogP contribution in [0.5, 0.6) is 0 Å². The van der Waals surface area contributed by atoms with Crippen LogP contribution >= 0.6 is 11.6 Å². The smallest absolute Gasteiger partial charge is 0.0438 e. The molecule has 0 fully saturated rings. The van der Waals surface area contributed by atoms with Crippen molar-refractivity contribution in [1.82, 2.24) is 5.32 Å². The first-order valence-electron chi connectivity index (χ1n) is 6.47. The van der Waals surface area contributed by atoms with Crippen LogP contribution in [0.15, 0.2) is 12.1 Å². The Balaban J connectivity index is 3.05. The summed E-state index contributed by atoms with van der Waals surface area (Å²) in [5, 5.41) is 4.49. The summed E-state index contributed by atoms with van der Waals surface area (Å²) in [7, 11) is 0. The van der Waals surface area contributed by atoms with Gasteiger partial charge in [0.05, 0.1) is 0 Å². The first-order valence-corrected chi connectivity index (χ1v) is 6.85. The van der Waals surface area contributed by atoms with Gasteiger partial charge in [-0.2, -0.15) is 0 Å². The van der Waals surface area contributed by atoms with Gasteiger partial charge in [-0.1, -0.05) is 38.4 Å². The summed E-state index contributed by atoms with van der Waals surface area (Å²) in [6.45, 7) is 12.0. The fourth-order valence-corrected chi connectivity index (χ4v) is 2.36. The fourth-order valence-electron chi connectivity index (χ4n) is 2.14. The van der Waals surface area contributed by atoms with E-state index in [1.807, 2.05) is 0 Å². The molecular formula is C15H24ClN. The molecule has 0 bridgehead atoms. The molecule has 1 aromatic carbocycles. The van der Waals surface area contributed by atoms with Crippen molar-refractivity contribution in [1.29, 1.82) is 0 Å². The predicted molar refractivity (Wildman–Crippen MR) is 76.8 cm³/mol. The summed E-state index contributed by atoms with van der Waals surface area (Å²) < 4.78 is 0. The Morgan fingerprint density at radius 3 is 2.35 bits per heavy atom. The maximum absolute atomic E-state index is 6.15. The van der Waals surface area contributed by atoms with Crippen molar-refractivity contribution in [3.63, 3.8) is 0 Å². The van der Waals surface area contributed by atoms with Gasteiger partial charge in [-0.15, -0.1) is 0 Å². The van der Waals surface area contributed by atoms with E-state index in [9.17, 15) is 0 Å². The van der Waals surface area contributed by atoms with Crippen LogP contribution in [0.3, 0.4) is 0 Å². The molecule has 96 valence electrons. The van der Waals surface area contributed by atoms with Gasteiger partial charge in [0.25, 0.3) is 0 Å². The zero-order chi connectivity index (χ0) is 13.0. The maximum atomic E-state index is 6.15. The Bertz CT molecular complexity index is 371. The van der Waals surface area contributed by atoms with Crippen molar-refractivity contribution >= 4 is 11.6 Å². The fraction of sp³-hybridized carbons (Fsp3) is 0.600. The lowest BCUT2D eigenvalue weighted by Crippen LogP contribution is -2.27. The van der Waals surface area contributed by atoms with Crippen LogP contribution in [0.1, 0.15) is 49.9 Å². The minimum absolute atomic E-state index is 0.422. The van der Waals surface area contributed by atoms with Crippen molar-refractivity contribution < 1.29 is 0 Å². The molecule has 0 aliphatic heterocycles. The van der Waals surface area contributed by atoms with E-state index in [-0.39, 0.29) is 0 Å². The van der Waals surface area contributed by atoms with Crippen molar-refractivity contribution in [3.8, 4) is 0 Å². The molecule has 17 heavy (non-hydrogen) atoms. The first-order chi connectivity index (χ1) is 7.97. The standard InChI is InChI=1S/C15H24ClN/c1-6-7-17-15(10(2)3)13-8-12(5)14(16)9-11(13)4/h8-10,15,17H,6-7H2,1-5H3. The molecule has 0 aromatic heterocycles. The molecule has 0 aliphatic carbocycles. The molecule has 0 saturated heterocycles. The summed E-state index contributed by atoms with van der Waals surface area (Å²) in [5.74, 6) is 0.584. The molecule has 1 atom stereocenters. The summed E-state index contributed by atoms with van der Waals surface area (Å²) in [6.07, 6.45) is 1.16. The summed E-state index contributed by atoms with van der Waals surface area (Å²) in [5.41, 5.74) is 3.83. The Kier molecular flexibility index (Phi) is 5.48. The zero-order valence-corrected chi connectivity index (χ0v) is 12.4. The van der Waals surface area contributed by atoms with Crippen LogP contribution < -0.4 is 5.32 Å². The van der Waals surface area contributed by atoms with E-state index < -0.39 is 0 Å². The van der Waals surface area contributed by atoms with Gasteiger partial charge in [-0.25, -0.2) is 0 Å². The molecule has 0 heterocycles. The van der Waals surface area contributed by atoms with Crippen LogP contribution in [-0.2, 0) is 0 Å². The van der Waals surface area contributed by atoms with Gasteiger partial charge in [-0.3, -0.25) is 0 Å². The van der Waals surface area contributed by atoms with Gasteiger partial charge in [0.15, 0.2) is 0 Å². The monoisotopic (exact) mass is 253 g/mol. The molecule has 1 rings (SSSR count). The lowest BCUT2D eigenvalue weighted by Gasteiger charge is -2.25. The molecule has 2 heteroatoms. The molecule has 0 saturated carbocycles. The molecule has 1 aromatic rings. The Labute approximate surface area is 111 Å². The van der Waals surface area contributed by atoms with E-state index in [1.165, 1.54) is 11.1 Å². The van der Waals surface area contributed by atoms with Gasteiger partial charge in [0, 0.05) is 11.1 Å². The molecular weight excluding hydrogens is 230 g/mol. The second-order valence-electron chi connectivity index (χ2n) is 5.13. The topological polar surface area (TPSA) is 12.0 Å². The number of halogens is 1. The zero-order valence-electron chi connectivity index (χ0n) is 11.6. The Morgan fingerprint density at radius 2 is 1.82 bits per heavy atom. The van der Waals surface area contributed by atoms with E-state index in [0.29, 0.717) is 12.0 Å². The van der Waals surface area contributed by atoms with E-state index in [2.05, 4.69) is 52.1 Å². The lowest BCUT2D eigenvalue weighted by atomic mass is 9.91. The minimum Gasteiger partial charge on any atom is -0.310 e. The van der Waals surface area contributed by atoms with Crippen LogP contribution in [-0.4, -0.2) is 6.54 Å². The second-order valence-corrected chi connectivity index (χ2v) is 5.54. The number of rotatable bonds is 5. The molecule has 1 N–H and O–H groups in total. The molecule has 0 radical (unpaired) electrons. The average molecular weight is 254 g/mol. The number of nitrogens with one attached hydrogen (secondary N) is 1. The SMILES string of the molecule is CCCNC(c1cc(C)c(Cl)cc1C)C(C)C. The Hall–Kier alpha value is -0.530. The van der Waals surface area contributed by atoms with Gasteiger partial charge >= 0.3 is 0 Å². The van der Waals surface area contributed by atoms with Crippen LogP contribution in [0.2, 0.25) is 5.02 Å². The first kappa shape index (κ1) is 14.5. The van der Waals surface area contributed by atoms with Gasteiger partial charge in [0.2, 0.25) is 0 Å². The summed E-state index contributed by atoms with van der Waals surface area (Å²) in [4.78, 5) is 0. The van der Waals surface area contributed by atoms with Gasteiger partial charge in [0.1, 0.15) is 0 Å². The molecule has 0 aliphatic rings. The third-order valence-electron chi connectivity index (χ3n) is 3.16. The van der Waals surface area contributed by atoms with Gasteiger partial charge in [-0.05, 0) is 55.5 Å². The van der Waals surface area contributed by atoms with E-state index in [1.54, 1.807) is 0 Å². The molecule has 0 amide bonds. The van der Waals surface area contributed by atoms with Crippen LogP contribution in [0.25, 0.3) is 0 Å². The highest BCUT2D eigenvalue weighted by Gasteiger charge is 2.17. The minimum atomic E-state index is 0.422. The lowest BCUT2D eigenvalue weighted by molar-refractivity contribution is 0.411. The highest BCUT2D eigenvalue weighted by atomic mass is 35.5. The normalized spacial score (nSPS) is 13.1. The Morgan fingerprint density at radius 1 is 1.18 bits per heavy atom. The molecule has 0 spiro atoms. The number of aryl methyl sites for hydroxylation is 2. The quantitative estimate of drug-likeness (QED) is 0.805. The van der Waals surface area contributed by atoms with Crippen molar-refractivity contribution in [2.24, 2.45) is 5.92 Å². The third kappa shape index (κ3) is 3.72. The number of hydrogen-bond donors (Lipinski definition) is 1. The average Bonchev–Trinajstić information content (AvgIpc) is 2.25. The highest BCUT2D eigenvalue weighted by molar-refractivity contribution is 6.31. The van der Waals surface area contributed by atoms with Crippen LogP contribution in [0.4, 0.5) is 0 Å². The molecule has 1 nitrogen and oxygen atoms in total. The van der Waals surface area contributed by atoms with E-state index >= 15 is 0 Å². The summed E-state index contributed by atoms with van der Waals surface area (Å²) in [6, 6.07) is 4.73. The van der Waals surface area contributed by atoms with Crippen LogP contribution in [0, 0.1) is 19.8 Å². The highest BCUT2D eigenvalue weighted by Crippen LogP contribution is 2.29. The number of hydrogen-bond acceptors (Lipinski definition) is 1. The van der Waals surface area contributed by atoms with Gasteiger partial charge < -0.3 is 5.32 Å². The van der Waals surface area contributed by atoms with E-state index in [4.69, 9.17) is 11.6 Å².